The fourth-order valence-corrected chi connectivity index (χ4v) is 1.80. The zero-order valence-corrected chi connectivity index (χ0v) is 11.2. The standard InChI is InChI=1S/C10H14N6OS/c1-4-11-7-13-8(16(2)3)15-9(14-7)18-10-12-5-6-17-10/h5-6H,4H2,1-3H3,(H,11,13,14,15). The van der Waals surface area contributed by atoms with E-state index in [9.17, 15) is 0 Å². The number of anilines is 2. The predicted octanol–water partition coefficient (Wildman–Crippen LogP) is 1.51. The van der Waals surface area contributed by atoms with Gasteiger partial charge >= 0.3 is 0 Å². The fraction of sp³-hybridized carbons (Fsp3) is 0.400. The van der Waals surface area contributed by atoms with Crippen molar-refractivity contribution in [2.75, 3.05) is 30.9 Å². The van der Waals surface area contributed by atoms with Crippen LogP contribution in [-0.2, 0) is 0 Å². The molecule has 0 aromatic carbocycles. The molecule has 0 bridgehead atoms. The topological polar surface area (TPSA) is 80.0 Å². The van der Waals surface area contributed by atoms with Gasteiger partial charge in [0, 0.05) is 32.4 Å². The van der Waals surface area contributed by atoms with E-state index in [0.717, 1.165) is 6.54 Å². The number of oxazole rings is 1. The summed E-state index contributed by atoms with van der Waals surface area (Å²) in [6, 6.07) is 0. The van der Waals surface area contributed by atoms with Crippen molar-refractivity contribution >= 4 is 23.7 Å². The van der Waals surface area contributed by atoms with Crippen molar-refractivity contribution in [3.63, 3.8) is 0 Å². The number of nitrogens with zero attached hydrogens (tertiary/aromatic N) is 5. The lowest BCUT2D eigenvalue weighted by atomic mass is 10.7. The van der Waals surface area contributed by atoms with Gasteiger partial charge in [-0.3, -0.25) is 0 Å². The second kappa shape index (κ2) is 5.67. The van der Waals surface area contributed by atoms with Crippen LogP contribution in [0.1, 0.15) is 6.92 Å². The van der Waals surface area contributed by atoms with Crippen molar-refractivity contribution < 1.29 is 4.42 Å². The Balaban J connectivity index is 2.27. The molecule has 0 spiro atoms. The Labute approximate surface area is 109 Å². The van der Waals surface area contributed by atoms with Gasteiger partial charge in [0.15, 0.2) is 0 Å². The van der Waals surface area contributed by atoms with Crippen LogP contribution in [0.2, 0.25) is 0 Å². The number of hydrogen-bond donors (Lipinski definition) is 1. The first kappa shape index (κ1) is 12.6. The summed E-state index contributed by atoms with van der Waals surface area (Å²) >= 11 is 1.26. The lowest BCUT2D eigenvalue weighted by Crippen LogP contribution is -2.15. The lowest BCUT2D eigenvalue weighted by molar-refractivity contribution is 0.453. The molecule has 0 unspecified atom stereocenters. The summed E-state index contributed by atoms with van der Waals surface area (Å²) < 4.78 is 5.16. The summed E-state index contributed by atoms with van der Waals surface area (Å²) in [5.74, 6) is 1.14. The van der Waals surface area contributed by atoms with E-state index in [0.29, 0.717) is 22.3 Å². The molecule has 0 aliphatic carbocycles. The van der Waals surface area contributed by atoms with E-state index in [1.165, 1.54) is 18.0 Å². The van der Waals surface area contributed by atoms with Gasteiger partial charge in [-0.05, 0) is 6.92 Å². The Kier molecular flexibility index (Phi) is 3.98. The van der Waals surface area contributed by atoms with Crippen molar-refractivity contribution in [3.05, 3.63) is 12.5 Å². The molecule has 0 aliphatic rings. The molecule has 2 aromatic heterocycles. The minimum absolute atomic E-state index is 0.508. The maximum absolute atomic E-state index is 5.16. The van der Waals surface area contributed by atoms with Crippen LogP contribution >= 0.6 is 11.8 Å². The van der Waals surface area contributed by atoms with E-state index in [2.05, 4.69) is 25.3 Å². The molecule has 2 heterocycles. The van der Waals surface area contributed by atoms with Crippen molar-refractivity contribution in [1.29, 1.82) is 0 Å². The van der Waals surface area contributed by atoms with Crippen LogP contribution in [0.25, 0.3) is 0 Å². The van der Waals surface area contributed by atoms with Crippen molar-refractivity contribution in [1.82, 2.24) is 19.9 Å². The number of hydrogen-bond acceptors (Lipinski definition) is 8. The first-order chi connectivity index (χ1) is 8.69. The highest BCUT2D eigenvalue weighted by atomic mass is 32.2. The Morgan fingerprint density at radius 1 is 1.33 bits per heavy atom. The highest BCUT2D eigenvalue weighted by molar-refractivity contribution is 7.98. The minimum atomic E-state index is 0.508. The van der Waals surface area contributed by atoms with Gasteiger partial charge in [0.25, 0.3) is 5.22 Å². The third kappa shape index (κ3) is 3.10. The Morgan fingerprint density at radius 3 is 2.78 bits per heavy atom. The molecule has 0 radical (unpaired) electrons. The van der Waals surface area contributed by atoms with E-state index < -0.39 is 0 Å². The van der Waals surface area contributed by atoms with Gasteiger partial charge in [0.2, 0.25) is 17.1 Å². The van der Waals surface area contributed by atoms with Gasteiger partial charge in [-0.25, -0.2) is 4.98 Å². The quantitative estimate of drug-likeness (QED) is 0.872. The van der Waals surface area contributed by atoms with Crippen LogP contribution in [0.3, 0.4) is 0 Å². The maximum atomic E-state index is 5.16. The smallest absolute Gasteiger partial charge is 0.263 e. The zero-order valence-electron chi connectivity index (χ0n) is 10.4. The van der Waals surface area contributed by atoms with E-state index in [4.69, 9.17) is 4.42 Å². The highest BCUT2D eigenvalue weighted by Crippen LogP contribution is 2.24. The van der Waals surface area contributed by atoms with Crippen LogP contribution in [0.15, 0.2) is 27.3 Å². The highest BCUT2D eigenvalue weighted by Gasteiger charge is 2.11. The molecule has 0 fully saturated rings. The monoisotopic (exact) mass is 266 g/mol. The molecule has 2 aromatic rings. The molecule has 18 heavy (non-hydrogen) atoms. The molecule has 0 aliphatic heterocycles. The third-order valence-corrected chi connectivity index (χ3v) is 2.67. The summed E-state index contributed by atoms with van der Waals surface area (Å²) in [4.78, 5) is 18.7. The lowest BCUT2D eigenvalue weighted by Gasteiger charge is -2.12. The average Bonchev–Trinajstić information content (AvgIpc) is 2.82. The minimum Gasteiger partial charge on any atom is -0.440 e. The van der Waals surface area contributed by atoms with Crippen LogP contribution in [0.5, 0.6) is 0 Å². The van der Waals surface area contributed by atoms with Gasteiger partial charge in [0.05, 0.1) is 6.20 Å². The molecule has 0 saturated heterocycles. The predicted molar refractivity (Wildman–Crippen MR) is 68.9 cm³/mol. The van der Waals surface area contributed by atoms with Gasteiger partial charge in [-0.1, -0.05) is 0 Å². The summed E-state index contributed by atoms with van der Waals surface area (Å²) in [6.45, 7) is 2.74. The molecule has 96 valence electrons. The maximum Gasteiger partial charge on any atom is 0.263 e. The molecular weight excluding hydrogens is 252 g/mol. The number of aromatic nitrogens is 4. The Morgan fingerprint density at radius 2 is 2.17 bits per heavy atom. The summed E-state index contributed by atoms with van der Waals surface area (Å²) in [5, 5.41) is 4.13. The fourth-order valence-electron chi connectivity index (χ4n) is 1.17. The first-order valence-corrected chi connectivity index (χ1v) is 6.25. The second-order valence-corrected chi connectivity index (χ2v) is 4.48. The molecular formula is C10H14N6OS. The Bertz CT molecular complexity index is 501. The van der Waals surface area contributed by atoms with E-state index in [1.807, 2.05) is 25.9 Å². The molecule has 0 atom stereocenters. The molecule has 7 nitrogen and oxygen atoms in total. The van der Waals surface area contributed by atoms with Gasteiger partial charge in [-0.2, -0.15) is 15.0 Å². The van der Waals surface area contributed by atoms with Gasteiger partial charge in [0.1, 0.15) is 6.26 Å². The van der Waals surface area contributed by atoms with Gasteiger partial charge < -0.3 is 14.6 Å². The van der Waals surface area contributed by atoms with Crippen LogP contribution in [0.4, 0.5) is 11.9 Å². The summed E-state index contributed by atoms with van der Waals surface area (Å²) in [7, 11) is 3.76. The van der Waals surface area contributed by atoms with E-state index in [-0.39, 0.29) is 0 Å². The SMILES string of the molecule is CCNc1nc(Sc2ncco2)nc(N(C)C)n1. The first-order valence-electron chi connectivity index (χ1n) is 5.43. The molecule has 0 amide bonds. The van der Waals surface area contributed by atoms with Crippen molar-refractivity contribution in [3.8, 4) is 0 Å². The normalized spacial score (nSPS) is 10.4. The van der Waals surface area contributed by atoms with Crippen molar-refractivity contribution in [2.24, 2.45) is 0 Å². The number of nitrogens with one attached hydrogen (secondary N) is 1. The zero-order chi connectivity index (χ0) is 13.0. The van der Waals surface area contributed by atoms with Crippen LogP contribution < -0.4 is 10.2 Å². The van der Waals surface area contributed by atoms with Crippen LogP contribution in [-0.4, -0.2) is 40.6 Å². The van der Waals surface area contributed by atoms with E-state index >= 15 is 0 Å². The summed E-state index contributed by atoms with van der Waals surface area (Å²) in [6.07, 6.45) is 3.10. The van der Waals surface area contributed by atoms with E-state index in [1.54, 1.807) is 6.20 Å². The third-order valence-electron chi connectivity index (χ3n) is 1.93. The van der Waals surface area contributed by atoms with Gasteiger partial charge in [-0.15, -0.1) is 0 Å². The second-order valence-electron chi connectivity index (χ2n) is 3.57. The van der Waals surface area contributed by atoms with Crippen molar-refractivity contribution in [2.45, 2.75) is 17.3 Å². The molecule has 8 heteroatoms. The summed E-state index contributed by atoms with van der Waals surface area (Å²) in [5.41, 5.74) is 0. The molecule has 1 N–H and O–H groups in total. The largest absolute Gasteiger partial charge is 0.440 e. The number of rotatable bonds is 5. The average molecular weight is 266 g/mol. The molecule has 0 saturated carbocycles. The Hall–Kier alpha value is -1.83. The molecule has 2 rings (SSSR count). The van der Waals surface area contributed by atoms with Crippen LogP contribution in [0, 0.1) is 0 Å².